The number of amides is 2. The topological polar surface area (TPSA) is 134 Å². The summed E-state index contributed by atoms with van der Waals surface area (Å²) in [4.78, 5) is 33.5. The van der Waals surface area contributed by atoms with Gasteiger partial charge in [-0.15, -0.1) is 0 Å². The Bertz CT molecular complexity index is 558. The SMILES string of the molecule is CC(C)COP(=O)(O)OCC(C)(C)C(O)C(=O)NCCC(=O)NCCSC(C)C. The number of aliphatic hydroxyl groups is 1. The zero-order chi connectivity index (χ0) is 22.7. The van der Waals surface area contributed by atoms with Crippen LogP contribution in [0.1, 0.15) is 48.0 Å². The number of hydrogen-bond donors (Lipinski definition) is 4. The quantitative estimate of drug-likeness (QED) is 0.217. The zero-order valence-corrected chi connectivity index (χ0v) is 20.0. The zero-order valence-electron chi connectivity index (χ0n) is 18.3. The van der Waals surface area contributed by atoms with Crippen LogP contribution in [-0.4, -0.2) is 65.2 Å². The van der Waals surface area contributed by atoms with Gasteiger partial charge in [-0.25, -0.2) is 4.57 Å². The molecule has 0 spiro atoms. The first-order valence-electron chi connectivity index (χ1n) is 9.73. The van der Waals surface area contributed by atoms with Crippen LogP contribution in [0.25, 0.3) is 0 Å². The van der Waals surface area contributed by atoms with E-state index in [4.69, 9.17) is 9.05 Å². The highest BCUT2D eigenvalue weighted by molar-refractivity contribution is 7.99. The lowest BCUT2D eigenvalue weighted by molar-refractivity contribution is -0.137. The van der Waals surface area contributed by atoms with Gasteiger partial charge in [0.15, 0.2) is 0 Å². The van der Waals surface area contributed by atoms with Crippen molar-refractivity contribution < 1.29 is 33.2 Å². The van der Waals surface area contributed by atoms with Crippen molar-refractivity contribution in [2.24, 2.45) is 11.3 Å². The largest absolute Gasteiger partial charge is 0.472 e. The summed E-state index contributed by atoms with van der Waals surface area (Å²) >= 11 is 1.74. The van der Waals surface area contributed by atoms with Crippen LogP contribution in [0.2, 0.25) is 0 Å². The fourth-order valence-corrected chi connectivity index (χ4v) is 3.68. The van der Waals surface area contributed by atoms with Crippen molar-refractivity contribution in [3.8, 4) is 0 Å². The maximum absolute atomic E-state index is 12.1. The van der Waals surface area contributed by atoms with Crippen LogP contribution < -0.4 is 10.6 Å². The number of nitrogens with one attached hydrogen (secondary N) is 2. The van der Waals surface area contributed by atoms with Crippen molar-refractivity contribution >= 4 is 31.4 Å². The second kappa shape index (κ2) is 13.6. The van der Waals surface area contributed by atoms with Crippen LogP contribution in [0.15, 0.2) is 0 Å². The maximum atomic E-state index is 12.1. The molecule has 0 bridgehead atoms. The Kier molecular flexibility index (Phi) is 13.3. The van der Waals surface area contributed by atoms with Crippen LogP contribution in [0, 0.1) is 11.3 Å². The van der Waals surface area contributed by atoms with Gasteiger partial charge < -0.3 is 20.6 Å². The van der Waals surface area contributed by atoms with Gasteiger partial charge >= 0.3 is 7.82 Å². The molecule has 4 N–H and O–H groups in total. The first kappa shape index (κ1) is 28.4. The van der Waals surface area contributed by atoms with Crippen molar-refractivity contribution in [3.63, 3.8) is 0 Å². The van der Waals surface area contributed by atoms with Crippen molar-refractivity contribution in [2.75, 3.05) is 32.1 Å². The fourth-order valence-electron chi connectivity index (χ4n) is 1.93. The molecule has 0 saturated carbocycles. The third-order valence-electron chi connectivity index (χ3n) is 3.69. The lowest BCUT2D eigenvalue weighted by Crippen LogP contribution is -2.46. The number of phosphoric ester groups is 1. The molecule has 2 atom stereocenters. The van der Waals surface area contributed by atoms with Crippen molar-refractivity contribution in [3.05, 3.63) is 0 Å². The molecule has 0 aromatic heterocycles. The van der Waals surface area contributed by atoms with E-state index in [2.05, 4.69) is 24.5 Å². The molecule has 2 amide bonds. The molecule has 9 nitrogen and oxygen atoms in total. The molecule has 0 aliphatic rings. The number of phosphoric acid groups is 1. The molecule has 0 aromatic carbocycles. The van der Waals surface area contributed by atoms with E-state index in [0.717, 1.165) is 5.75 Å². The van der Waals surface area contributed by atoms with Crippen LogP contribution in [0.3, 0.4) is 0 Å². The number of thioether (sulfide) groups is 1. The minimum absolute atomic E-state index is 0.0506. The average Bonchev–Trinajstić information content (AvgIpc) is 2.61. The van der Waals surface area contributed by atoms with E-state index in [1.165, 1.54) is 13.8 Å². The standard InChI is InChI=1S/C18H37N2O7PS/c1-13(2)11-26-28(24,25)27-12-18(5,6)16(22)17(23)20-8-7-15(21)19-9-10-29-14(3)4/h13-14,16,22H,7-12H2,1-6H3,(H,19,21)(H,20,23)(H,24,25). The van der Waals surface area contributed by atoms with Crippen LogP contribution in [0.4, 0.5) is 0 Å². The third kappa shape index (κ3) is 14.1. The van der Waals surface area contributed by atoms with E-state index in [1.807, 2.05) is 13.8 Å². The van der Waals surface area contributed by atoms with Gasteiger partial charge in [0.25, 0.3) is 0 Å². The molecular weight excluding hydrogens is 419 g/mol. The van der Waals surface area contributed by atoms with Gasteiger partial charge in [-0.05, 0) is 11.2 Å². The molecule has 0 aromatic rings. The second-order valence-electron chi connectivity index (χ2n) is 8.13. The highest BCUT2D eigenvalue weighted by atomic mass is 32.2. The van der Waals surface area contributed by atoms with E-state index in [-0.39, 0.29) is 38.0 Å². The van der Waals surface area contributed by atoms with Crippen molar-refractivity contribution in [2.45, 2.75) is 59.3 Å². The molecular formula is C18H37N2O7PS. The molecule has 29 heavy (non-hydrogen) atoms. The second-order valence-corrected chi connectivity index (χ2v) is 11.3. The Labute approximate surface area is 178 Å². The summed E-state index contributed by atoms with van der Waals surface area (Å²) in [5.74, 6) is 0.000601. The number of carbonyl (C=O) groups excluding carboxylic acids is 2. The third-order valence-corrected chi connectivity index (χ3v) is 5.72. The predicted octanol–water partition coefficient (Wildman–Crippen LogP) is 1.93. The monoisotopic (exact) mass is 456 g/mol. The minimum atomic E-state index is -4.26. The molecule has 0 aliphatic carbocycles. The Balaban J connectivity index is 4.28. The lowest BCUT2D eigenvalue weighted by Gasteiger charge is -2.29. The Hall–Kier alpha value is -0.640. The first-order valence-corrected chi connectivity index (χ1v) is 12.3. The lowest BCUT2D eigenvalue weighted by atomic mass is 9.87. The van der Waals surface area contributed by atoms with Crippen LogP contribution in [0.5, 0.6) is 0 Å². The summed E-state index contributed by atoms with van der Waals surface area (Å²) in [5, 5.41) is 16.0. The molecule has 172 valence electrons. The summed E-state index contributed by atoms with van der Waals surface area (Å²) in [6.45, 7) is 11.2. The van der Waals surface area contributed by atoms with Gasteiger partial charge in [-0.3, -0.25) is 18.6 Å². The Morgan fingerprint density at radius 2 is 1.72 bits per heavy atom. The maximum Gasteiger partial charge on any atom is 0.472 e. The molecule has 2 unspecified atom stereocenters. The summed E-state index contributed by atoms with van der Waals surface area (Å²) in [6, 6.07) is 0. The van der Waals surface area contributed by atoms with Crippen LogP contribution in [-0.2, 0) is 23.2 Å². The molecule has 0 heterocycles. The summed E-state index contributed by atoms with van der Waals surface area (Å²) in [7, 11) is -4.26. The summed E-state index contributed by atoms with van der Waals surface area (Å²) < 4.78 is 21.6. The molecule has 11 heteroatoms. The summed E-state index contributed by atoms with van der Waals surface area (Å²) in [5.41, 5.74) is -1.14. The molecule has 0 fully saturated rings. The molecule has 0 aliphatic heterocycles. The predicted molar refractivity (Wildman–Crippen MR) is 115 cm³/mol. The Morgan fingerprint density at radius 1 is 1.10 bits per heavy atom. The normalized spacial score (nSPS) is 15.2. The van der Waals surface area contributed by atoms with Gasteiger partial charge in [0.05, 0.1) is 13.2 Å². The molecule has 0 radical (unpaired) electrons. The van der Waals surface area contributed by atoms with Gasteiger partial charge in [0, 0.05) is 30.7 Å². The minimum Gasteiger partial charge on any atom is -0.383 e. The van der Waals surface area contributed by atoms with E-state index < -0.39 is 25.2 Å². The van der Waals surface area contributed by atoms with Gasteiger partial charge in [-0.1, -0.05) is 41.5 Å². The highest BCUT2D eigenvalue weighted by Gasteiger charge is 2.36. The van der Waals surface area contributed by atoms with Crippen molar-refractivity contribution in [1.82, 2.24) is 10.6 Å². The number of aliphatic hydroxyl groups excluding tert-OH is 1. The fraction of sp³-hybridized carbons (Fsp3) is 0.889. The van der Waals surface area contributed by atoms with Gasteiger partial charge in [0.1, 0.15) is 6.10 Å². The molecule has 0 rings (SSSR count). The smallest absolute Gasteiger partial charge is 0.383 e. The van der Waals surface area contributed by atoms with Gasteiger partial charge in [-0.2, -0.15) is 11.8 Å². The summed E-state index contributed by atoms with van der Waals surface area (Å²) in [6.07, 6.45) is -1.39. The van der Waals surface area contributed by atoms with Crippen molar-refractivity contribution in [1.29, 1.82) is 0 Å². The first-order chi connectivity index (χ1) is 13.3. The Morgan fingerprint density at radius 3 is 2.28 bits per heavy atom. The van der Waals surface area contributed by atoms with E-state index in [9.17, 15) is 24.2 Å². The number of hydrogen-bond acceptors (Lipinski definition) is 7. The average molecular weight is 457 g/mol. The van der Waals surface area contributed by atoms with E-state index >= 15 is 0 Å². The van der Waals surface area contributed by atoms with E-state index in [1.54, 1.807) is 11.8 Å². The highest BCUT2D eigenvalue weighted by Crippen LogP contribution is 2.45. The number of rotatable bonds is 15. The number of carbonyl (C=O) groups is 2. The van der Waals surface area contributed by atoms with Gasteiger partial charge in [0.2, 0.25) is 11.8 Å². The van der Waals surface area contributed by atoms with Crippen LogP contribution >= 0.6 is 19.6 Å². The molecule has 0 saturated heterocycles. The van der Waals surface area contributed by atoms with E-state index in [0.29, 0.717) is 11.8 Å².